The summed E-state index contributed by atoms with van der Waals surface area (Å²) in [6.45, 7) is 4.70. The first-order valence-electron chi connectivity index (χ1n) is 9.80. The number of hydrogen-bond acceptors (Lipinski definition) is 5. The van der Waals surface area contributed by atoms with Gasteiger partial charge in [0.05, 0.1) is 30.2 Å². The van der Waals surface area contributed by atoms with E-state index in [-0.39, 0.29) is 5.03 Å². The van der Waals surface area contributed by atoms with Crippen LogP contribution in [-0.2, 0) is 17.2 Å². The molecule has 0 aliphatic heterocycles. The standard InChI is InChI=1S/C23H26N2O4S/c1-17(2)16-29-20-10-9-19(15-21(20)28-3)25-13-12-24-22(23(25)26)30(27)14-11-18-7-5-4-6-8-18/h4-10,12-13,15,17H,11,14,16H2,1-3H3. The highest BCUT2D eigenvalue weighted by molar-refractivity contribution is 7.84. The second kappa shape index (κ2) is 10.2. The van der Waals surface area contributed by atoms with Crippen LogP contribution in [0.2, 0.25) is 0 Å². The molecule has 0 aliphatic carbocycles. The molecule has 2 aromatic carbocycles. The van der Waals surface area contributed by atoms with E-state index in [0.29, 0.717) is 41.9 Å². The summed E-state index contributed by atoms with van der Waals surface area (Å²) in [5.74, 6) is 1.86. The number of aryl methyl sites for hydroxylation is 1. The molecule has 1 atom stereocenters. The summed E-state index contributed by atoms with van der Waals surface area (Å²) in [5, 5.41) is 0.0486. The minimum Gasteiger partial charge on any atom is -0.493 e. The third kappa shape index (κ3) is 5.36. The van der Waals surface area contributed by atoms with Crippen molar-refractivity contribution in [2.45, 2.75) is 25.3 Å². The van der Waals surface area contributed by atoms with Crippen molar-refractivity contribution in [3.05, 3.63) is 76.8 Å². The van der Waals surface area contributed by atoms with E-state index in [1.807, 2.05) is 30.3 Å². The summed E-state index contributed by atoms with van der Waals surface area (Å²) in [4.78, 5) is 17.1. The van der Waals surface area contributed by atoms with Crippen LogP contribution in [0.3, 0.4) is 0 Å². The molecular formula is C23H26N2O4S. The van der Waals surface area contributed by atoms with Gasteiger partial charge in [-0.1, -0.05) is 44.2 Å². The summed E-state index contributed by atoms with van der Waals surface area (Å²) >= 11 is 0. The van der Waals surface area contributed by atoms with Gasteiger partial charge >= 0.3 is 0 Å². The topological polar surface area (TPSA) is 70.4 Å². The maximum absolute atomic E-state index is 13.0. The van der Waals surface area contributed by atoms with Gasteiger partial charge in [0.25, 0.3) is 5.56 Å². The maximum atomic E-state index is 13.0. The first-order chi connectivity index (χ1) is 14.5. The van der Waals surface area contributed by atoms with Gasteiger partial charge in [0.1, 0.15) is 0 Å². The smallest absolute Gasteiger partial charge is 0.290 e. The molecule has 0 saturated carbocycles. The molecule has 158 valence electrons. The summed E-state index contributed by atoms with van der Waals surface area (Å²) in [6.07, 6.45) is 3.66. The van der Waals surface area contributed by atoms with Crippen LogP contribution in [-0.4, -0.2) is 33.2 Å². The molecule has 0 N–H and O–H groups in total. The van der Waals surface area contributed by atoms with Gasteiger partial charge in [-0.25, -0.2) is 4.98 Å². The van der Waals surface area contributed by atoms with Crippen molar-refractivity contribution in [1.82, 2.24) is 9.55 Å². The van der Waals surface area contributed by atoms with E-state index < -0.39 is 16.4 Å². The largest absolute Gasteiger partial charge is 0.493 e. The molecule has 3 aromatic rings. The van der Waals surface area contributed by atoms with E-state index in [4.69, 9.17) is 9.47 Å². The van der Waals surface area contributed by atoms with E-state index >= 15 is 0 Å². The fourth-order valence-corrected chi connectivity index (χ4v) is 3.97. The average molecular weight is 427 g/mol. The Hall–Kier alpha value is -2.93. The number of methoxy groups -OCH3 is 1. The molecule has 0 bridgehead atoms. The molecule has 3 rings (SSSR count). The minimum absolute atomic E-state index is 0.0486. The lowest BCUT2D eigenvalue weighted by Crippen LogP contribution is -2.25. The van der Waals surface area contributed by atoms with Gasteiger partial charge < -0.3 is 9.47 Å². The Bertz CT molecular complexity index is 1060. The number of nitrogens with zero attached hydrogens (tertiary/aromatic N) is 2. The van der Waals surface area contributed by atoms with Crippen LogP contribution < -0.4 is 15.0 Å². The van der Waals surface area contributed by atoms with E-state index in [9.17, 15) is 9.00 Å². The lowest BCUT2D eigenvalue weighted by atomic mass is 10.2. The summed E-state index contributed by atoms with van der Waals surface area (Å²) in [6, 6.07) is 15.0. The van der Waals surface area contributed by atoms with E-state index in [2.05, 4.69) is 18.8 Å². The predicted molar refractivity (Wildman–Crippen MR) is 118 cm³/mol. The summed E-state index contributed by atoms with van der Waals surface area (Å²) in [5.41, 5.74) is 1.27. The molecule has 0 spiro atoms. The summed E-state index contributed by atoms with van der Waals surface area (Å²) < 4.78 is 25.4. The molecule has 0 saturated heterocycles. The first kappa shape index (κ1) is 21.8. The van der Waals surface area contributed by atoms with E-state index in [1.165, 1.54) is 10.8 Å². The molecular weight excluding hydrogens is 400 g/mol. The predicted octanol–water partition coefficient (Wildman–Crippen LogP) is 3.63. The first-order valence-corrected chi connectivity index (χ1v) is 11.1. The number of ether oxygens (including phenoxy) is 2. The monoisotopic (exact) mass is 426 g/mol. The molecule has 0 fully saturated rings. The van der Waals surface area contributed by atoms with Gasteiger partial charge in [0.15, 0.2) is 16.5 Å². The van der Waals surface area contributed by atoms with E-state index in [0.717, 1.165) is 5.56 Å². The lowest BCUT2D eigenvalue weighted by Gasteiger charge is -2.14. The van der Waals surface area contributed by atoms with Gasteiger partial charge in [0.2, 0.25) is 0 Å². The van der Waals surface area contributed by atoms with Crippen LogP contribution in [0.25, 0.3) is 5.69 Å². The van der Waals surface area contributed by atoms with Gasteiger partial charge in [0, 0.05) is 24.2 Å². The molecule has 0 aliphatic rings. The number of aromatic nitrogens is 2. The van der Waals surface area contributed by atoms with Crippen molar-refractivity contribution in [1.29, 1.82) is 0 Å². The van der Waals surface area contributed by atoms with E-state index in [1.54, 1.807) is 31.5 Å². The van der Waals surface area contributed by atoms with Gasteiger partial charge in [-0.2, -0.15) is 0 Å². The lowest BCUT2D eigenvalue weighted by molar-refractivity contribution is 0.257. The van der Waals surface area contributed by atoms with Crippen molar-refractivity contribution in [3.63, 3.8) is 0 Å². The van der Waals surface area contributed by atoms with Crippen LogP contribution in [0.4, 0.5) is 0 Å². The van der Waals surface area contributed by atoms with Crippen molar-refractivity contribution < 1.29 is 13.7 Å². The number of rotatable bonds is 9. The van der Waals surface area contributed by atoms with Crippen molar-refractivity contribution in [2.24, 2.45) is 5.92 Å². The molecule has 7 heteroatoms. The van der Waals surface area contributed by atoms with Gasteiger partial charge in [-0.3, -0.25) is 13.6 Å². The van der Waals surface area contributed by atoms with Gasteiger partial charge in [-0.15, -0.1) is 0 Å². The average Bonchev–Trinajstić information content (AvgIpc) is 2.76. The van der Waals surface area contributed by atoms with Crippen LogP contribution in [0.5, 0.6) is 11.5 Å². The highest BCUT2D eigenvalue weighted by Crippen LogP contribution is 2.29. The number of hydrogen-bond donors (Lipinski definition) is 0. The van der Waals surface area contributed by atoms with Crippen molar-refractivity contribution in [3.8, 4) is 17.2 Å². The highest BCUT2D eigenvalue weighted by Gasteiger charge is 2.15. The van der Waals surface area contributed by atoms with Gasteiger partial charge in [-0.05, 0) is 30.0 Å². The third-order valence-electron chi connectivity index (χ3n) is 4.44. The third-order valence-corrected chi connectivity index (χ3v) is 5.73. The zero-order chi connectivity index (χ0) is 21.5. The SMILES string of the molecule is COc1cc(-n2ccnc(S(=O)CCc3ccccc3)c2=O)ccc1OCC(C)C. The molecule has 0 radical (unpaired) electrons. The van der Waals surface area contributed by atoms with Crippen LogP contribution in [0.15, 0.2) is 70.7 Å². The van der Waals surface area contributed by atoms with Crippen LogP contribution >= 0.6 is 0 Å². The maximum Gasteiger partial charge on any atom is 0.290 e. The molecule has 0 amide bonds. The molecule has 30 heavy (non-hydrogen) atoms. The normalized spacial score (nSPS) is 12.0. The molecule has 1 aromatic heterocycles. The van der Waals surface area contributed by atoms with Crippen molar-refractivity contribution >= 4 is 10.8 Å². The summed E-state index contributed by atoms with van der Waals surface area (Å²) in [7, 11) is 0.0565. The van der Waals surface area contributed by atoms with Crippen LogP contribution in [0.1, 0.15) is 19.4 Å². The second-order valence-corrected chi connectivity index (χ2v) is 8.72. The zero-order valence-corrected chi connectivity index (χ0v) is 18.2. The Labute approximate surface area is 179 Å². The Kier molecular flexibility index (Phi) is 7.41. The quantitative estimate of drug-likeness (QED) is 0.523. The van der Waals surface area contributed by atoms with Crippen molar-refractivity contribution in [2.75, 3.05) is 19.5 Å². The molecule has 1 heterocycles. The Morgan fingerprint density at radius 1 is 1.10 bits per heavy atom. The Balaban J connectivity index is 1.83. The Morgan fingerprint density at radius 3 is 2.57 bits per heavy atom. The second-order valence-electron chi connectivity index (χ2n) is 7.23. The zero-order valence-electron chi connectivity index (χ0n) is 17.4. The Morgan fingerprint density at radius 2 is 1.87 bits per heavy atom. The minimum atomic E-state index is -1.50. The highest BCUT2D eigenvalue weighted by atomic mass is 32.2. The fraction of sp³-hybridized carbons (Fsp3) is 0.304. The molecule has 1 unspecified atom stereocenters. The molecule has 6 nitrogen and oxygen atoms in total. The van der Waals surface area contributed by atoms with Crippen LogP contribution in [0, 0.1) is 5.92 Å². The number of benzene rings is 2. The fourth-order valence-electron chi connectivity index (χ4n) is 2.89.